The van der Waals surface area contributed by atoms with Crippen molar-refractivity contribution in [3.8, 4) is 5.75 Å². The number of ether oxygens (including phenoxy) is 1. The van der Waals surface area contributed by atoms with E-state index in [0.29, 0.717) is 15.8 Å². The van der Waals surface area contributed by atoms with Crippen LogP contribution in [-0.4, -0.2) is 25.1 Å². The molecule has 15 heavy (non-hydrogen) atoms. The summed E-state index contributed by atoms with van der Waals surface area (Å²) in [6.45, 7) is 1.81. The van der Waals surface area contributed by atoms with Gasteiger partial charge in [0.05, 0.1) is 5.02 Å². The van der Waals surface area contributed by atoms with Crippen LogP contribution in [0.1, 0.15) is 5.56 Å². The van der Waals surface area contributed by atoms with E-state index >= 15 is 0 Å². The molecule has 0 aliphatic carbocycles. The van der Waals surface area contributed by atoms with E-state index in [-0.39, 0.29) is 0 Å². The maximum absolute atomic E-state index is 11.3. The van der Waals surface area contributed by atoms with Crippen molar-refractivity contribution < 1.29 is 9.53 Å². The molecular formula is C10H11Cl2NO2. The summed E-state index contributed by atoms with van der Waals surface area (Å²) in [4.78, 5) is 12.6. The van der Waals surface area contributed by atoms with Gasteiger partial charge in [-0.2, -0.15) is 0 Å². The second-order valence-electron chi connectivity index (χ2n) is 3.29. The van der Waals surface area contributed by atoms with Gasteiger partial charge in [-0.1, -0.05) is 23.2 Å². The van der Waals surface area contributed by atoms with E-state index in [0.717, 1.165) is 5.56 Å². The number of hydrogen-bond donors (Lipinski definition) is 0. The highest BCUT2D eigenvalue weighted by Gasteiger charge is 2.11. The Morgan fingerprint density at radius 2 is 1.87 bits per heavy atom. The molecule has 5 heteroatoms. The van der Waals surface area contributed by atoms with Crippen molar-refractivity contribution in [3.63, 3.8) is 0 Å². The fourth-order valence-electron chi connectivity index (χ4n) is 0.894. The normalized spacial score (nSPS) is 9.93. The summed E-state index contributed by atoms with van der Waals surface area (Å²) in [7, 11) is 3.19. The molecule has 82 valence electrons. The fraction of sp³-hybridized carbons (Fsp3) is 0.300. The Morgan fingerprint density at radius 1 is 1.27 bits per heavy atom. The van der Waals surface area contributed by atoms with E-state index in [2.05, 4.69) is 0 Å². The second kappa shape index (κ2) is 4.73. The summed E-state index contributed by atoms with van der Waals surface area (Å²) in [5, 5.41) is 0.866. The smallest absolute Gasteiger partial charge is 0.409 e. The van der Waals surface area contributed by atoms with E-state index < -0.39 is 6.09 Å². The minimum atomic E-state index is -0.473. The Morgan fingerprint density at radius 3 is 2.40 bits per heavy atom. The molecule has 0 unspecified atom stereocenters. The lowest BCUT2D eigenvalue weighted by Crippen LogP contribution is -2.25. The molecule has 3 nitrogen and oxygen atoms in total. The highest BCUT2D eigenvalue weighted by atomic mass is 35.5. The molecule has 1 rings (SSSR count). The average molecular weight is 248 g/mol. The first-order valence-corrected chi connectivity index (χ1v) is 5.02. The molecule has 0 aliphatic rings. The van der Waals surface area contributed by atoms with Crippen molar-refractivity contribution in [1.29, 1.82) is 0 Å². The number of halogens is 2. The Hall–Kier alpha value is -0.930. The van der Waals surface area contributed by atoms with Gasteiger partial charge >= 0.3 is 6.09 Å². The van der Waals surface area contributed by atoms with Crippen LogP contribution in [0.5, 0.6) is 5.75 Å². The Bertz CT molecular complexity index is 391. The molecular weight excluding hydrogens is 237 g/mol. The molecule has 0 aromatic heterocycles. The third-order valence-electron chi connectivity index (χ3n) is 1.78. The fourth-order valence-corrected chi connectivity index (χ4v) is 1.32. The summed E-state index contributed by atoms with van der Waals surface area (Å²) in [6, 6.07) is 3.18. The number of benzene rings is 1. The summed E-state index contributed by atoms with van der Waals surface area (Å²) < 4.78 is 5.04. The van der Waals surface area contributed by atoms with Gasteiger partial charge in [-0.3, -0.25) is 0 Å². The zero-order valence-electron chi connectivity index (χ0n) is 8.67. The standard InChI is InChI=1S/C10H11Cl2NO2/c1-6-4-9(8(12)5-7(6)11)15-10(14)13(2)3/h4-5H,1-3H3. The summed E-state index contributed by atoms with van der Waals surface area (Å²) in [5.41, 5.74) is 0.808. The number of carbonyl (C=O) groups excluding carboxylic acids is 1. The van der Waals surface area contributed by atoms with Crippen molar-refractivity contribution in [3.05, 3.63) is 27.7 Å². The van der Waals surface area contributed by atoms with Crippen molar-refractivity contribution in [2.75, 3.05) is 14.1 Å². The monoisotopic (exact) mass is 247 g/mol. The molecule has 0 radical (unpaired) electrons. The zero-order valence-corrected chi connectivity index (χ0v) is 10.2. The number of nitrogens with zero attached hydrogens (tertiary/aromatic N) is 1. The molecule has 0 aliphatic heterocycles. The van der Waals surface area contributed by atoms with Gasteiger partial charge in [-0.05, 0) is 24.6 Å². The van der Waals surface area contributed by atoms with Crippen LogP contribution in [0.25, 0.3) is 0 Å². The van der Waals surface area contributed by atoms with Crippen LogP contribution in [0.3, 0.4) is 0 Å². The molecule has 1 aromatic carbocycles. The predicted octanol–water partition coefficient (Wildman–Crippen LogP) is 3.36. The lowest BCUT2D eigenvalue weighted by molar-refractivity contribution is 0.172. The Labute approximate surface area is 98.5 Å². The summed E-state index contributed by atoms with van der Waals surface area (Å²) in [5.74, 6) is 0.317. The van der Waals surface area contributed by atoms with Gasteiger partial charge in [0.1, 0.15) is 0 Å². The molecule has 0 bridgehead atoms. The third-order valence-corrected chi connectivity index (χ3v) is 2.48. The van der Waals surface area contributed by atoms with Crippen LogP contribution in [-0.2, 0) is 0 Å². The van der Waals surface area contributed by atoms with Crippen LogP contribution in [0.4, 0.5) is 4.79 Å². The van der Waals surface area contributed by atoms with E-state index in [1.165, 1.54) is 4.90 Å². The van der Waals surface area contributed by atoms with Gasteiger partial charge < -0.3 is 9.64 Å². The molecule has 1 amide bonds. The van der Waals surface area contributed by atoms with Crippen molar-refractivity contribution in [1.82, 2.24) is 4.90 Å². The molecule has 0 N–H and O–H groups in total. The van der Waals surface area contributed by atoms with Gasteiger partial charge in [0, 0.05) is 19.1 Å². The average Bonchev–Trinajstić information content (AvgIpc) is 2.13. The van der Waals surface area contributed by atoms with Gasteiger partial charge in [-0.25, -0.2) is 4.79 Å². The molecule has 0 saturated heterocycles. The van der Waals surface area contributed by atoms with Crippen LogP contribution in [0.15, 0.2) is 12.1 Å². The maximum Gasteiger partial charge on any atom is 0.414 e. The quantitative estimate of drug-likeness (QED) is 0.762. The van der Waals surface area contributed by atoms with Gasteiger partial charge in [0.15, 0.2) is 5.75 Å². The van der Waals surface area contributed by atoms with Gasteiger partial charge in [-0.15, -0.1) is 0 Å². The van der Waals surface area contributed by atoms with E-state index in [9.17, 15) is 4.79 Å². The van der Waals surface area contributed by atoms with Crippen LogP contribution >= 0.6 is 23.2 Å². The third kappa shape index (κ3) is 3.01. The van der Waals surface area contributed by atoms with Gasteiger partial charge in [0.25, 0.3) is 0 Å². The van der Waals surface area contributed by atoms with Crippen LogP contribution in [0, 0.1) is 6.92 Å². The molecule has 0 fully saturated rings. The lowest BCUT2D eigenvalue weighted by atomic mass is 10.2. The van der Waals surface area contributed by atoms with Crippen molar-refractivity contribution in [2.24, 2.45) is 0 Å². The first-order valence-electron chi connectivity index (χ1n) is 4.26. The predicted molar refractivity (Wildman–Crippen MR) is 60.9 cm³/mol. The second-order valence-corrected chi connectivity index (χ2v) is 4.11. The number of amides is 1. The summed E-state index contributed by atoms with van der Waals surface area (Å²) in [6.07, 6.45) is -0.473. The highest BCUT2D eigenvalue weighted by Crippen LogP contribution is 2.30. The minimum absolute atomic E-state index is 0.317. The van der Waals surface area contributed by atoms with Crippen molar-refractivity contribution in [2.45, 2.75) is 6.92 Å². The molecule has 0 spiro atoms. The lowest BCUT2D eigenvalue weighted by Gasteiger charge is -2.12. The van der Waals surface area contributed by atoms with Crippen molar-refractivity contribution >= 4 is 29.3 Å². The Balaban J connectivity index is 2.96. The minimum Gasteiger partial charge on any atom is -0.409 e. The highest BCUT2D eigenvalue weighted by molar-refractivity contribution is 6.36. The zero-order chi connectivity index (χ0) is 11.6. The number of hydrogen-bond acceptors (Lipinski definition) is 2. The summed E-state index contributed by atoms with van der Waals surface area (Å²) >= 11 is 11.7. The van der Waals surface area contributed by atoms with E-state index in [1.807, 2.05) is 6.92 Å². The Kier molecular flexibility index (Phi) is 3.83. The number of rotatable bonds is 1. The molecule has 1 aromatic rings. The first kappa shape index (κ1) is 12.1. The van der Waals surface area contributed by atoms with Crippen LogP contribution < -0.4 is 4.74 Å². The SMILES string of the molecule is Cc1cc(OC(=O)N(C)C)c(Cl)cc1Cl. The largest absolute Gasteiger partial charge is 0.414 e. The molecule has 0 saturated carbocycles. The first-order chi connectivity index (χ1) is 6.91. The van der Waals surface area contributed by atoms with Crippen LogP contribution in [0.2, 0.25) is 10.0 Å². The number of carbonyl (C=O) groups is 1. The molecule has 0 heterocycles. The van der Waals surface area contributed by atoms with E-state index in [1.54, 1.807) is 26.2 Å². The van der Waals surface area contributed by atoms with Gasteiger partial charge in [0.2, 0.25) is 0 Å². The topological polar surface area (TPSA) is 29.5 Å². The van der Waals surface area contributed by atoms with E-state index in [4.69, 9.17) is 27.9 Å². The molecule has 0 atom stereocenters. The maximum atomic E-state index is 11.3. The number of aryl methyl sites for hydroxylation is 1.